The molecule has 3 rings (SSSR count). The molecule has 2 aliphatic rings. The van der Waals surface area contributed by atoms with Crippen LogP contribution in [0.1, 0.15) is 31.2 Å². The summed E-state index contributed by atoms with van der Waals surface area (Å²) in [4.78, 5) is 21.2. The van der Waals surface area contributed by atoms with Gasteiger partial charge in [0.05, 0.1) is 0 Å². The minimum atomic E-state index is -0.199. The molecule has 6 nitrogen and oxygen atoms in total. The van der Waals surface area contributed by atoms with E-state index < -0.39 is 0 Å². The summed E-state index contributed by atoms with van der Waals surface area (Å²) in [6, 6.07) is 6.69. The number of amides is 1. The molecule has 160 valence electrons. The van der Waals surface area contributed by atoms with E-state index in [4.69, 9.17) is 0 Å². The first-order chi connectivity index (χ1) is 14.2. The van der Waals surface area contributed by atoms with Gasteiger partial charge in [-0.1, -0.05) is 25.0 Å². The minimum Gasteiger partial charge on any atom is -0.356 e. The molecule has 1 heterocycles. The van der Waals surface area contributed by atoms with Crippen molar-refractivity contribution in [1.82, 2.24) is 20.4 Å². The quantitative estimate of drug-likeness (QED) is 0.539. The second-order valence-electron chi connectivity index (χ2n) is 7.95. The highest BCUT2D eigenvalue weighted by atomic mass is 19.1. The Kier molecular flexibility index (Phi) is 8.28. The van der Waals surface area contributed by atoms with Gasteiger partial charge in [0.2, 0.25) is 5.91 Å². The summed E-state index contributed by atoms with van der Waals surface area (Å²) in [5.74, 6) is 1.22. The number of nitrogens with zero attached hydrogens (tertiary/aromatic N) is 3. The molecule has 0 aromatic heterocycles. The SMILES string of the molecule is CN=C(NCCc1cccc(F)c1)NCCN1CCN(C(=O)C2CCCC2)CC1. The van der Waals surface area contributed by atoms with Gasteiger partial charge in [-0.2, -0.15) is 0 Å². The molecule has 2 N–H and O–H groups in total. The van der Waals surface area contributed by atoms with Crippen molar-refractivity contribution in [3.05, 3.63) is 35.6 Å². The number of carbonyl (C=O) groups excluding carboxylic acids is 1. The van der Waals surface area contributed by atoms with Crippen LogP contribution in [0.3, 0.4) is 0 Å². The third kappa shape index (κ3) is 6.70. The van der Waals surface area contributed by atoms with Crippen LogP contribution in [0.5, 0.6) is 0 Å². The molecule has 0 unspecified atom stereocenters. The number of benzene rings is 1. The van der Waals surface area contributed by atoms with Gasteiger partial charge in [0.25, 0.3) is 0 Å². The summed E-state index contributed by atoms with van der Waals surface area (Å²) in [7, 11) is 1.75. The Morgan fingerprint density at radius 3 is 2.55 bits per heavy atom. The van der Waals surface area contributed by atoms with E-state index in [2.05, 4.69) is 25.4 Å². The molecule has 1 aliphatic heterocycles. The topological polar surface area (TPSA) is 60.0 Å². The van der Waals surface area contributed by atoms with E-state index in [1.165, 1.54) is 18.9 Å². The average Bonchev–Trinajstić information content (AvgIpc) is 3.27. The van der Waals surface area contributed by atoms with E-state index in [1.807, 2.05) is 6.07 Å². The summed E-state index contributed by atoms with van der Waals surface area (Å²) >= 11 is 0. The van der Waals surface area contributed by atoms with Crippen molar-refractivity contribution in [1.29, 1.82) is 0 Å². The number of halogens is 1. The summed E-state index contributed by atoms with van der Waals surface area (Å²) < 4.78 is 13.2. The summed E-state index contributed by atoms with van der Waals surface area (Å²) in [5.41, 5.74) is 0.970. The Morgan fingerprint density at radius 2 is 1.86 bits per heavy atom. The largest absolute Gasteiger partial charge is 0.356 e. The van der Waals surface area contributed by atoms with Crippen LogP contribution in [0.4, 0.5) is 4.39 Å². The first-order valence-electron chi connectivity index (χ1n) is 10.9. The fraction of sp³-hybridized carbons (Fsp3) is 0.636. The highest BCUT2D eigenvalue weighted by Crippen LogP contribution is 2.26. The van der Waals surface area contributed by atoms with E-state index in [0.29, 0.717) is 12.5 Å². The van der Waals surface area contributed by atoms with Gasteiger partial charge in [-0.3, -0.25) is 14.7 Å². The maximum absolute atomic E-state index is 13.2. The van der Waals surface area contributed by atoms with Gasteiger partial charge in [0.15, 0.2) is 5.96 Å². The van der Waals surface area contributed by atoms with Gasteiger partial charge in [-0.25, -0.2) is 4.39 Å². The fourth-order valence-electron chi connectivity index (χ4n) is 4.19. The normalized spacial score (nSPS) is 18.8. The molecular formula is C22H34FN5O. The second kappa shape index (κ2) is 11.1. The summed E-state index contributed by atoms with van der Waals surface area (Å²) in [6.45, 7) is 5.99. The van der Waals surface area contributed by atoms with Gasteiger partial charge in [-0.15, -0.1) is 0 Å². The summed E-state index contributed by atoms with van der Waals surface area (Å²) in [6.07, 6.45) is 5.32. The number of nitrogens with one attached hydrogen (secondary N) is 2. The van der Waals surface area contributed by atoms with Crippen LogP contribution in [0.15, 0.2) is 29.3 Å². The van der Waals surface area contributed by atoms with Crippen LogP contribution < -0.4 is 10.6 Å². The molecule has 1 saturated carbocycles. The van der Waals surface area contributed by atoms with Gasteiger partial charge in [-0.05, 0) is 37.0 Å². The Balaban J connectivity index is 1.29. The average molecular weight is 404 g/mol. The smallest absolute Gasteiger partial charge is 0.225 e. The van der Waals surface area contributed by atoms with Crippen molar-refractivity contribution in [2.45, 2.75) is 32.1 Å². The van der Waals surface area contributed by atoms with Crippen molar-refractivity contribution in [2.75, 3.05) is 52.9 Å². The van der Waals surface area contributed by atoms with Crippen LogP contribution >= 0.6 is 0 Å². The molecule has 1 aliphatic carbocycles. The molecule has 1 amide bonds. The minimum absolute atomic E-state index is 0.199. The molecule has 0 bridgehead atoms. The number of hydrogen-bond donors (Lipinski definition) is 2. The lowest BCUT2D eigenvalue weighted by Gasteiger charge is -2.36. The number of guanidine groups is 1. The Bertz CT molecular complexity index is 682. The van der Waals surface area contributed by atoms with Crippen molar-refractivity contribution in [3.8, 4) is 0 Å². The maximum Gasteiger partial charge on any atom is 0.225 e. The molecule has 0 radical (unpaired) electrons. The standard InChI is InChI=1S/C22H34FN5O/c1-24-22(25-10-9-18-5-4-8-20(23)17-18)26-11-12-27-13-15-28(16-14-27)21(29)19-6-2-3-7-19/h4-5,8,17,19H,2-3,6-7,9-16H2,1H3,(H2,24,25,26). The van der Waals surface area contributed by atoms with Crippen LogP contribution in [-0.4, -0.2) is 74.5 Å². The molecule has 1 saturated heterocycles. The Labute approximate surface area is 173 Å². The Hall–Kier alpha value is -2.15. The van der Waals surface area contributed by atoms with Crippen molar-refractivity contribution < 1.29 is 9.18 Å². The number of rotatable bonds is 7. The van der Waals surface area contributed by atoms with E-state index in [0.717, 1.165) is 70.1 Å². The number of piperazine rings is 1. The summed E-state index contributed by atoms with van der Waals surface area (Å²) in [5, 5.41) is 6.61. The second-order valence-corrected chi connectivity index (χ2v) is 7.95. The van der Waals surface area contributed by atoms with Gasteiger partial charge < -0.3 is 15.5 Å². The molecular weight excluding hydrogens is 369 g/mol. The first kappa shape index (κ1) is 21.6. The lowest BCUT2D eigenvalue weighted by atomic mass is 10.1. The molecule has 29 heavy (non-hydrogen) atoms. The van der Waals surface area contributed by atoms with Crippen molar-refractivity contribution >= 4 is 11.9 Å². The molecule has 0 atom stereocenters. The zero-order valence-electron chi connectivity index (χ0n) is 17.5. The predicted octanol–water partition coefficient (Wildman–Crippen LogP) is 1.87. The van der Waals surface area contributed by atoms with E-state index >= 15 is 0 Å². The molecule has 2 fully saturated rings. The first-order valence-corrected chi connectivity index (χ1v) is 10.9. The lowest BCUT2D eigenvalue weighted by molar-refractivity contribution is -0.137. The molecule has 7 heteroatoms. The number of carbonyl (C=O) groups is 1. The fourth-order valence-corrected chi connectivity index (χ4v) is 4.19. The zero-order chi connectivity index (χ0) is 20.5. The van der Waals surface area contributed by atoms with Crippen molar-refractivity contribution in [2.24, 2.45) is 10.9 Å². The lowest BCUT2D eigenvalue weighted by Crippen LogP contribution is -2.52. The molecule has 1 aromatic rings. The van der Waals surface area contributed by atoms with Crippen LogP contribution in [0, 0.1) is 11.7 Å². The highest BCUT2D eigenvalue weighted by Gasteiger charge is 2.29. The predicted molar refractivity (Wildman–Crippen MR) is 114 cm³/mol. The Morgan fingerprint density at radius 1 is 1.14 bits per heavy atom. The van der Waals surface area contributed by atoms with Crippen LogP contribution in [-0.2, 0) is 11.2 Å². The molecule has 1 aromatic carbocycles. The molecule has 0 spiro atoms. The number of aliphatic imine (C=N–C) groups is 1. The van der Waals surface area contributed by atoms with Crippen molar-refractivity contribution in [3.63, 3.8) is 0 Å². The third-order valence-electron chi connectivity index (χ3n) is 5.93. The van der Waals surface area contributed by atoms with Crippen LogP contribution in [0.25, 0.3) is 0 Å². The van der Waals surface area contributed by atoms with Gasteiger partial charge in [0, 0.05) is 58.8 Å². The van der Waals surface area contributed by atoms with Gasteiger partial charge in [0.1, 0.15) is 5.82 Å². The third-order valence-corrected chi connectivity index (χ3v) is 5.93. The highest BCUT2D eigenvalue weighted by molar-refractivity contribution is 5.79. The monoisotopic (exact) mass is 403 g/mol. The van der Waals surface area contributed by atoms with E-state index in [-0.39, 0.29) is 11.7 Å². The zero-order valence-corrected chi connectivity index (χ0v) is 17.5. The van der Waals surface area contributed by atoms with Crippen LogP contribution in [0.2, 0.25) is 0 Å². The number of hydrogen-bond acceptors (Lipinski definition) is 3. The van der Waals surface area contributed by atoms with E-state index in [1.54, 1.807) is 19.2 Å². The van der Waals surface area contributed by atoms with Gasteiger partial charge >= 0.3 is 0 Å². The van der Waals surface area contributed by atoms with E-state index in [9.17, 15) is 9.18 Å². The maximum atomic E-state index is 13.2.